The van der Waals surface area contributed by atoms with Crippen molar-refractivity contribution in [3.8, 4) is 5.75 Å². The van der Waals surface area contributed by atoms with Gasteiger partial charge in [0.25, 0.3) is 0 Å². The zero-order valence-corrected chi connectivity index (χ0v) is 13.4. The van der Waals surface area contributed by atoms with Gasteiger partial charge >= 0.3 is 0 Å². The van der Waals surface area contributed by atoms with Gasteiger partial charge in [-0.1, -0.05) is 15.9 Å². The van der Waals surface area contributed by atoms with Crippen molar-refractivity contribution in [3.63, 3.8) is 0 Å². The van der Waals surface area contributed by atoms with Gasteiger partial charge in [-0.2, -0.15) is 0 Å². The van der Waals surface area contributed by atoms with Gasteiger partial charge in [0.15, 0.2) is 0 Å². The van der Waals surface area contributed by atoms with Crippen molar-refractivity contribution in [1.29, 1.82) is 0 Å². The molecular weight excluding hydrogens is 346 g/mol. The molecule has 0 saturated heterocycles. The molecule has 0 aliphatic rings. The summed E-state index contributed by atoms with van der Waals surface area (Å²) < 4.78 is 31.3. The number of hydrogen-bond acceptors (Lipinski definition) is 4. The quantitative estimate of drug-likeness (QED) is 0.899. The number of nitrogens with zero attached hydrogens (tertiary/aromatic N) is 2. The van der Waals surface area contributed by atoms with E-state index in [0.717, 1.165) is 0 Å². The number of halogens is 1. The molecule has 0 atom stereocenters. The minimum Gasteiger partial charge on any atom is -0.484 e. The topological polar surface area (TPSA) is 87.2 Å². The second kappa shape index (κ2) is 5.55. The van der Waals surface area contributed by atoms with E-state index in [4.69, 9.17) is 9.88 Å². The first-order chi connectivity index (χ1) is 9.29. The van der Waals surface area contributed by atoms with E-state index in [0.29, 0.717) is 15.9 Å². The number of sulfonamides is 1. The minimum absolute atomic E-state index is 0.0430. The summed E-state index contributed by atoms with van der Waals surface area (Å²) in [5.74, 6) is 0.936. The summed E-state index contributed by atoms with van der Waals surface area (Å²) in [5, 5.41) is 5.22. The van der Waals surface area contributed by atoms with Crippen molar-refractivity contribution in [2.24, 2.45) is 12.2 Å². The molecule has 2 aromatic rings. The van der Waals surface area contributed by atoms with E-state index >= 15 is 0 Å². The van der Waals surface area contributed by atoms with Gasteiger partial charge in [-0.15, -0.1) is 0 Å². The van der Waals surface area contributed by atoms with Gasteiger partial charge in [0.05, 0.1) is 0 Å². The number of aryl methyl sites for hydroxylation is 2. The molecule has 0 aliphatic carbocycles. The van der Waals surface area contributed by atoms with Crippen LogP contribution < -0.4 is 9.88 Å². The maximum absolute atomic E-state index is 11.6. The fraction of sp³-hybridized carbons (Fsp3) is 0.250. The summed E-state index contributed by atoms with van der Waals surface area (Å²) in [5.41, 5.74) is 0.678. The average Bonchev–Trinajstić information content (AvgIpc) is 2.72. The monoisotopic (exact) mass is 359 g/mol. The number of hydrogen-bond donors (Lipinski definition) is 1. The predicted molar refractivity (Wildman–Crippen MR) is 77.8 cm³/mol. The van der Waals surface area contributed by atoms with Crippen LogP contribution in [0.4, 0.5) is 0 Å². The molecule has 2 N–H and O–H groups in total. The first-order valence-electron chi connectivity index (χ1n) is 5.71. The van der Waals surface area contributed by atoms with Crippen molar-refractivity contribution in [3.05, 3.63) is 40.4 Å². The summed E-state index contributed by atoms with van der Waals surface area (Å²) >= 11 is 3.25. The highest BCUT2D eigenvalue weighted by atomic mass is 79.9. The number of primary sulfonamides is 1. The number of nitrogens with two attached hydrogens (primary N) is 1. The van der Waals surface area contributed by atoms with Crippen LogP contribution >= 0.6 is 15.9 Å². The summed E-state index contributed by atoms with van der Waals surface area (Å²) in [6, 6.07) is 3.19. The summed E-state index contributed by atoms with van der Waals surface area (Å²) in [4.78, 5) is 4.07. The number of ether oxygens (including phenoxy) is 1. The molecule has 2 rings (SSSR count). The lowest BCUT2D eigenvalue weighted by atomic mass is 10.2. The third-order valence-corrected chi connectivity index (χ3v) is 4.15. The normalized spacial score (nSPS) is 11.6. The first kappa shape index (κ1) is 15.0. The molecule has 0 bridgehead atoms. The van der Waals surface area contributed by atoms with Gasteiger partial charge in [0, 0.05) is 23.9 Å². The van der Waals surface area contributed by atoms with E-state index in [1.54, 1.807) is 30.0 Å². The Morgan fingerprint density at radius 3 is 2.70 bits per heavy atom. The second-order valence-corrected chi connectivity index (χ2v) is 6.78. The SMILES string of the molecule is Cc1cc(Br)cc(S(N)(=O)=O)c1OCc1nccn1C. The molecule has 0 fully saturated rings. The lowest BCUT2D eigenvalue weighted by Crippen LogP contribution is -2.15. The highest BCUT2D eigenvalue weighted by molar-refractivity contribution is 9.10. The number of rotatable bonds is 4. The van der Waals surface area contributed by atoms with Crippen LogP contribution in [-0.2, 0) is 23.7 Å². The van der Waals surface area contributed by atoms with Gasteiger partial charge in [0.2, 0.25) is 10.0 Å². The Kier molecular flexibility index (Phi) is 4.17. The zero-order valence-electron chi connectivity index (χ0n) is 11.0. The Morgan fingerprint density at radius 1 is 1.45 bits per heavy atom. The molecule has 6 nitrogen and oxygen atoms in total. The Morgan fingerprint density at radius 2 is 2.15 bits per heavy atom. The van der Waals surface area contributed by atoms with E-state index < -0.39 is 10.0 Å². The molecule has 8 heteroatoms. The summed E-state index contributed by atoms with van der Waals surface area (Å²) in [6.07, 6.45) is 3.43. The molecule has 1 heterocycles. The van der Waals surface area contributed by atoms with Gasteiger partial charge in [-0.3, -0.25) is 0 Å². The van der Waals surface area contributed by atoms with Crippen LogP contribution in [0.25, 0.3) is 0 Å². The average molecular weight is 360 g/mol. The number of imidazole rings is 1. The molecule has 0 radical (unpaired) electrons. The van der Waals surface area contributed by atoms with Crippen LogP contribution in [0, 0.1) is 6.92 Å². The molecule has 0 unspecified atom stereocenters. The van der Waals surface area contributed by atoms with Crippen molar-refractivity contribution < 1.29 is 13.2 Å². The fourth-order valence-electron chi connectivity index (χ4n) is 1.77. The third kappa shape index (κ3) is 3.20. The van der Waals surface area contributed by atoms with Gasteiger partial charge in [0.1, 0.15) is 23.1 Å². The summed E-state index contributed by atoms with van der Waals surface area (Å²) in [6.45, 7) is 1.92. The Bertz CT molecular complexity index is 740. The third-order valence-electron chi connectivity index (χ3n) is 2.78. The maximum Gasteiger partial charge on any atom is 0.241 e. The number of benzene rings is 1. The van der Waals surface area contributed by atoms with Crippen LogP contribution in [0.5, 0.6) is 5.75 Å². The molecule has 108 valence electrons. The van der Waals surface area contributed by atoms with Crippen molar-refractivity contribution in [2.75, 3.05) is 0 Å². The smallest absolute Gasteiger partial charge is 0.241 e. The standard InChI is InChI=1S/C12H14BrN3O3S/c1-8-5-9(13)6-10(20(14,17)18)12(8)19-7-11-15-3-4-16(11)2/h3-6H,7H2,1-2H3,(H2,14,17,18). The molecule has 20 heavy (non-hydrogen) atoms. The molecule has 1 aromatic heterocycles. The Hall–Kier alpha value is -1.38. The minimum atomic E-state index is -3.86. The highest BCUT2D eigenvalue weighted by Crippen LogP contribution is 2.31. The van der Waals surface area contributed by atoms with Gasteiger partial charge in [-0.05, 0) is 24.6 Å². The molecule has 1 aromatic carbocycles. The second-order valence-electron chi connectivity index (χ2n) is 4.34. The van der Waals surface area contributed by atoms with Crippen LogP contribution in [0.15, 0.2) is 33.9 Å². The highest BCUT2D eigenvalue weighted by Gasteiger charge is 2.19. The Balaban J connectivity index is 2.38. The van der Waals surface area contributed by atoms with E-state index in [9.17, 15) is 8.42 Å². The number of aromatic nitrogens is 2. The van der Waals surface area contributed by atoms with Crippen molar-refractivity contribution in [2.45, 2.75) is 18.4 Å². The van der Waals surface area contributed by atoms with E-state index in [2.05, 4.69) is 20.9 Å². The van der Waals surface area contributed by atoms with E-state index in [1.165, 1.54) is 6.07 Å². The van der Waals surface area contributed by atoms with Gasteiger partial charge in [-0.25, -0.2) is 18.5 Å². The maximum atomic E-state index is 11.6. The zero-order chi connectivity index (χ0) is 14.9. The van der Waals surface area contributed by atoms with Gasteiger partial charge < -0.3 is 9.30 Å². The lowest BCUT2D eigenvalue weighted by Gasteiger charge is -2.13. The molecule has 0 amide bonds. The molecular formula is C12H14BrN3O3S. The van der Waals surface area contributed by atoms with Crippen molar-refractivity contribution in [1.82, 2.24) is 9.55 Å². The first-order valence-corrected chi connectivity index (χ1v) is 8.05. The van der Waals surface area contributed by atoms with E-state index in [-0.39, 0.29) is 17.3 Å². The van der Waals surface area contributed by atoms with E-state index in [1.807, 2.05) is 7.05 Å². The molecule has 0 saturated carbocycles. The van der Waals surface area contributed by atoms with Crippen LogP contribution in [0.1, 0.15) is 11.4 Å². The predicted octanol–water partition coefficient (Wildman–Crippen LogP) is 1.72. The van der Waals surface area contributed by atoms with Crippen LogP contribution in [-0.4, -0.2) is 18.0 Å². The van der Waals surface area contributed by atoms with Crippen LogP contribution in [0.2, 0.25) is 0 Å². The lowest BCUT2D eigenvalue weighted by molar-refractivity contribution is 0.282. The summed E-state index contributed by atoms with van der Waals surface area (Å²) in [7, 11) is -2.03. The largest absolute Gasteiger partial charge is 0.484 e. The van der Waals surface area contributed by atoms with Crippen molar-refractivity contribution >= 4 is 26.0 Å². The molecule has 0 aliphatic heterocycles. The molecule has 0 spiro atoms. The fourth-order valence-corrected chi connectivity index (χ4v) is 3.26. The Labute approximate surface area is 125 Å². The van der Waals surface area contributed by atoms with Crippen LogP contribution in [0.3, 0.4) is 0 Å².